The minimum atomic E-state index is 0.0317. The van der Waals surface area contributed by atoms with Gasteiger partial charge in [-0.25, -0.2) is 0 Å². The first-order chi connectivity index (χ1) is 11.7. The highest BCUT2D eigenvalue weighted by molar-refractivity contribution is 7.99. The van der Waals surface area contributed by atoms with Gasteiger partial charge < -0.3 is 10.2 Å². The van der Waals surface area contributed by atoms with Gasteiger partial charge in [0.2, 0.25) is 0 Å². The monoisotopic (exact) mass is 345 g/mol. The summed E-state index contributed by atoms with van der Waals surface area (Å²) in [4.78, 5) is 15.5. The van der Waals surface area contributed by atoms with E-state index in [2.05, 4.69) is 0 Å². The van der Waals surface area contributed by atoms with Crippen LogP contribution >= 0.6 is 11.8 Å². The molecule has 0 spiro atoms. The Morgan fingerprint density at radius 1 is 0.833 bits per heavy atom. The molecule has 0 bridgehead atoms. The van der Waals surface area contributed by atoms with Crippen LogP contribution in [-0.4, -0.2) is 59.5 Å². The van der Waals surface area contributed by atoms with Crippen LogP contribution in [0.3, 0.4) is 0 Å². The molecular weight excluding hydrogens is 322 g/mol. The third-order valence-electron chi connectivity index (χ3n) is 3.66. The number of carbonyl (C=O) groups excluding carboxylic acids is 1. The van der Waals surface area contributed by atoms with Crippen LogP contribution < -0.4 is 0 Å². The quantitative estimate of drug-likeness (QED) is 0.511. The Kier molecular flexibility index (Phi) is 7.98. The van der Waals surface area contributed by atoms with Crippen molar-refractivity contribution < 1.29 is 15.0 Å². The van der Waals surface area contributed by atoms with Gasteiger partial charge >= 0.3 is 0 Å². The van der Waals surface area contributed by atoms with Crippen LogP contribution in [0.15, 0.2) is 59.5 Å². The van der Waals surface area contributed by atoms with Crippen molar-refractivity contribution in [1.29, 1.82) is 0 Å². The van der Waals surface area contributed by atoms with Crippen molar-refractivity contribution in [3.8, 4) is 0 Å². The van der Waals surface area contributed by atoms with Crippen LogP contribution in [-0.2, 0) is 0 Å². The summed E-state index contributed by atoms with van der Waals surface area (Å²) < 4.78 is 0. The van der Waals surface area contributed by atoms with E-state index in [0.29, 0.717) is 24.2 Å². The lowest BCUT2D eigenvalue weighted by atomic mass is 10.0. The minimum Gasteiger partial charge on any atom is -0.395 e. The SMILES string of the molecule is O=C(c1ccccc1)c1ccc(SCCN(CCO)CCO)cc1. The van der Waals surface area contributed by atoms with E-state index < -0.39 is 0 Å². The summed E-state index contributed by atoms with van der Waals surface area (Å²) in [6.07, 6.45) is 0. The van der Waals surface area contributed by atoms with E-state index in [9.17, 15) is 4.79 Å². The topological polar surface area (TPSA) is 60.8 Å². The predicted molar refractivity (Wildman–Crippen MR) is 97.7 cm³/mol. The fourth-order valence-corrected chi connectivity index (χ4v) is 3.28. The van der Waals surface area contributed by atoms with Crippen LogP contribution in [0.2, 0.25) is 0 Å². The Labute approximate surface area is 147 Å². The standard InChI is InChI=1S/C19H23NO3S/c21-13-10-20(11-14-22)12-15-24-18-8-6-17(7-9-18)19(23)16-4-2-1-3-5-16/h1-9,21-22H,10-15H2. The zero-order valence-corrected chi connectivity index (χ0v) is 14.4. The summed E-state index contributed by atoms with van der Waals surface area (Å²) in [5.74, 6) is 0.899. The second-order valence-corrected chi connectivity index (χ2v) is 6.53. The Morgan fingerprint density at radius 2 is 1.42 bits per heavy atom. The molecule has 0 aliphatic heterocycles. The van der Waals surface area contributed by atoms with Crippen molar-refractivity contribution in [2.75, 3.05) is 38.6 Å². The molecule has 128 valence electrons. The van der Waals surface area contributed by atoms with Crippen molar-refractivity contribution >= 4 is 17.5 Å². The molecule has 2 rings (SSSR count). The number of nitrogens with zero attached hydrogens (tertiary/aromatic N) is 1. The van der Waals surface area contributed by atoms with Crippen molar-refractivity contribution in [3.63, 3.8) is 0 Å². The van der Waals surface area contributed by atoms with Crippen molar-refractivity contribution in [2.24, 2.45) is 0 Å². The molecule has 2 aromatic carbocycles. The van der Waals surface area contributed by atoms with Gasteiger partial charge in [0.25, 0.3) is 0 Å². The highest BCUT2D eigenvalue weighted by atomic mass is 32.2. The van der Waals surface area contributed by atoms with Gasteiger partial charge in [0, 0.05) is 41.4 Å². The molecule has 0 aliphatic rings. The average Bonchev–Trinajstić information content (AvgIpc) is 2.63. The molecule has 0 saturated carbocycles. The van der Waals surface area contributed by atoms with Gasteiger partial charge in [0.1, 0.15) is 0 Å². The first-order valence-corrected chi connectivity index (χ1v) is 9.00. The van der Waals surface area contributed by atoms with Gasteiger partial charge in [-0.3, -0.25) is 9.69 Å². The number of ketones is 1. The number of thioether (sulfide) groups is 1. The molecule has 0 amide bonds. The van der Waals surface area contributed by atoms with E-state index in [1.807, 2.05) is 59.5 Å². The van der Waals surface area contributed by atoms with E-state index >= 15 is 0 Å². The highest BCUT2D eigenvalue weighted by Gasteiger charge is 2.08. The zero-order valence-electron chi connectivity index (χ0n) is 13.6. The molecule has 2 aromatic rings. The Hall–Kier alpha value is -1.66. The molecule has 5 heteroatoms. The largest absolute Gasteiger partial charge is 0.395 e. The molecule has 4 nitrogen and oxygen atoms in total. The minimum absolute atomic E-state index is 0.0317. The number of aliphatic hydroxyl groups excluding tert-OH is 2. The molecule has 2 N–H and O–H groups in total. The smallest absolute Gasteiger partial charge is 0.193 e. The first kappa shape index (κ1) is 18.7. The second kappa shape index (κ2) is 10.3. The van der Waals surface area contributed by atoms with Gasteiger partial charge in [-0.1, -0.05) is 30.3 Å². The Balaban J connectivity index is 1.87. The van der Waals surface area contributed by atoms with Crippen molar-refractivity contribution in [1.82, 2.24) is 4.90 Å². The lowest BCUT2D eigenvalue weighted by molar-refractivity contribution is 0.103. The zero-order chi connectivity index (χ0) is 17.2. The molecule has 0 atom stereocenters. The average molecular weight is 345 g/mol. The van der Waals surface area contributed by atoms with Crippen LogP contribution in [0.4, 0.5) is 0 Å². The summed E-state index contributed by atoms with van der Waals surface area (Å²) in [6, 6.07) is 16.9. The molecular formula is C19H23NO3S. The summed E-state index contributed by atoms with van der Waals surface area (Å²) in [5.41, 5.74) is 1.38. The summed E-state index contributed by atoms with van der Waals surface area (Å²) >= 11 is 1.70. The van der Waals surface area contributed by atoms with Crippen molar-refractivity contribution in [2.45, 2.75) is 4.90 Å². The van der Waals surface area contributed by atoms with Crippen molar-refractivity contribution in [3.05, 3.63) is 65.7 Å². The van der Waals surface area contributed by atoms with Gasteiger partial charge in [-0.15, -0.1) is 11.8 Å². The third-order valence-corrected chi connectivity index (χ3v) is 4.65. The van der Waals surface area contributed by atoms with Gasteiger partial charge in [-0.05, 0) is 24.3 Å². The lowest BCUT2D eigenvalue weighted by Gasteiger charge is -2.19. The van der Waals surface area contributed by atoms with Crippen LogP contribution in [0.5, 0.6) is 0 Å². The molecule has 0 fully saturated rings. The van der Waals surface area contributed by atoms with E-state index in [1.165, 1.54) is 0 Å². The van der Waals surface area contributed by atoms with E-state index in [4.69, 9.17) is 10.2 Å². The van der Waals surface area contributed by atoms with Gasteiger partial charge in [0.15, 0.2) is 5.78 Å². The van der Waals surface area contributed by atoms with Crippen LogP contribution in [0, 0.1) is 0 Å². The molecule has 0 saturated heterocycles. The maximum atomic E-state index is 12.3. The van der Waals surface area contributed by atoms with E-state index in [0.717, 1.165) is 17.2 Å². The maximum Gasteiger partial charge on any atom is 0.193 e. The number of rotatable bonds is 10. The molecule has 0 unspecified atom stereocenters. The highest BCUT2D eigenvalue weighted by Crippen LogP contribution is 2.20. The molecule has 24 heavy (non-hydrogen) atoms. The number of benzene rings is 2. The van der Waals surface area contributed by atoms with E-state index in [-0.39, 0.29) is 19.0 Å². The number of carbonyl (C=O) groups is 1. The molecule has 0 aliphatic carbocycles. The fraction of sp³-hybridized carbons (Fsp3) is 0.316. The normalized spacial score (nSPS) is 11.0. The van der Waals surface area contributed by atoms with E-state index in [1.54, 1.807) is 11.8 Å². The molecule has 0 heterocycles. The lowest BCUT2D eigenvalue weighted by Crippen LogP contribution is -2.31. The number of hydrogen-bond donors (Lipinski definition) is 2. The second-order valence-electron chi connectivity index (χ2n) is 5.36. The molecule has 0 aromatic heterocycles. The first-order valence-electron chi connectivity index (χ1n) is 8.01. The number of aliphatic hydroxyl groups is 2. The predicted octanol–water partition coefficient (Wildman–Crippen LogP) is 2.30. The fourth-order valence-electron chi connectivity index (χ4n) is 2.37. The Morgan fingerprint density at radius 3 is 2.00 bits per heavy atom. The van der Waals surface area contributed by atoms with Gasteiger partial charge in [0.05, 0.1) is 13.2 Å². The third kappa shape index (κ3) is 5.76. The number of hydrogen-bond acceptors (Lipinski definition) is 5. The molecule has 0 radical (unpaired) electrons. The van der Waals surface area contributed by atoms with Crippen LogP contribution in [0.25, 0.3) is 0 Å². The van der Waals surface area contributed by atoms with Crippen LogP contribution in [0.1, 0.15) is 15.9 Å². The summed E-state index contributed by atoms with van der Waals surface area (Å²) in [5, 5.41) is 18.0. The Bertz CT molecular complexity index is 610. The summed E-state index contributed by atoms with van der Waals surface area (Å²) in [6.45, 7) is 2.15. The van der Waals surface area contributed by atoms with Gasteiger partial charge in [-0.2, -0.15) is 0 Å². The maximum absolute atomic E-state index is 12.3. The summed E-state index contributed by atoms with van der Waals surface area (Å²) in [7, 11) is 0.